The Morgan fingerprint density at radius 2 is 1.62 bits per heavy atom. The van der Waals surface area contributed by atoms with Crippen molar-refractivity contribution in [3.63, 3.8) is 0 Å². The van der Waals surface area contributed by atoms with Crippen LogP contribution in [0.5, 0.6) is 0 Å². The van der Waals surface area contributed by atoms with Crippen LogP contribution in [0, 0.1) is 5.92 Å². The summed E-state index contributed by atoms with van der Waals surface area (Å²) in [6, 6.07) is -2.94. The Labute approximate surface area is 138 Å². The van der Waals surface area contributed by atoms with Crippen molar-refractivity contribution in [1.29, 1.82) is 0 Å². The van der Waals surface area contributed by atoms with E-state index in [1.807, 2.05) is 5.32 Å². The molecule has 0 radical (unpaired) electrons. The number of aliphatic carboxylic acids is 2. The topological polar surface area (TPSA) is 179 Å². The first-order valence-electron chi connectivity index (χ1n) is 7.08. The summed E-state index contributed by atoms with van der Waals surface area (Å²) in [5.41, 5.74) is 7.32. The lowest BCUT2D eigenvalue weighted by molar-refractivity contribution is -0.152. The number of carbonyl (C=O) groups is 5. The van der Waals surface area contributed by atoms with Crippen LogP contribution in [0.3, 0.4) is 0 Å². The van der Waals surface area contributed by atoms with Crippen LogP contribution in [0.1, 0.15) is 27.2 Å². The Kier molecular flexibility index (Phi) is 8.39. The molecule has 2 atom stereocenters. The Morgan fingerprint density at radius 1 is 1.08 bits per heavy atom. The van der Waals surface area contributed by atoms with E-state index in [1.165, 1.54) is 6.92 Å². The van der Waals surface area contributed by atoms with Crippen LogP contribution in [0.4, 0.5) is 0 Å². The van der Waals surface area contributed by atoms with Gasteiger partial charge in [0.2, 0.25) is 11.8 Å². The van der Waals surface area contributed by atoms with Gasteiger partial charge in [-0.3, -0.25) is 24.6 Å². The second kappa shape index (κ2) is 9.45. The molecular weight excluding hydrogens is 324 g/mol. The summed E-state index contributed by atoms with van der Waals surface area (Å²) in [6.07, 6.45) is -0.832. The maximum Gasteiger partial charge on any atom is 0.326 e. The highest BCUT2D eigenvalue weighted by atomic mass is 16.4. The number of rotatable bonds is 8. The third-order valence-corrected chi connectivity index (χ3v) is 2.92. The van der Waals surface area contributed by atoms with E-state index >= 15 is 0 Å². The highest BCUT2D eigenvalue weighted by molar-refractivity contribution is 5.92. The molecule has 0 aromatic rings. The van der Waals surface area contributed by atoms with Crippen molar-refractivity contribution in [2.24, 2.45) is 11.7 Å². The van der Waals surface area contributed by atoms with Gasteiger partial charge < -0.3 is 21.3 Å². The van der Waals surface area contributed by atoms with Gasteiger partial charge in [0.25, 0.3) is 5.91 Å². The quantitative estimate of drug-likeness (QED) is 0.310. The highest BCUT2D eigenvalue weighted by Gasteiger charge is 2.32. The minimum Gasteiger partial charge on any atom is -0.481 e. The maximum atomic E-state index is 12.1. The summed E-state index contributed by atoms with van der Waals surface area (Å²) in [5.74, 6) is -5.76. The first-order chi connectivity index (χ1) is 11.0. The molecule has 0 heterocycles. The predicted molar refractivity (Wildman–Crippen MR) is 80.2 cm³/mol. The van der Waals surface area contributed by atoms with Gasteiger partial charge >= 0.3 is 11.9 Å². The van der Waals surface area contributed by atoms with Crippen LogP contribution >= 0.6 is 0 Å². The summed E-state index contributed by atoms with van der Waals surface area (Å²) in [5, 5.41) is 20.3. The predicted octanol–water partition coefficient (Wildman–Crippen LogP) is -2.11. The Morgan fingerprint density at radius 3 is 2.00 bits per heavy atom. The number of nitrogens with two attached hydrogens (primary N) is 1. The normalized spacial score (nSPS) is 12.9. The van der Waals surface area contributed by atoms with Crippen molar-refractivity contribution in [2.75, 3.05) is 6.54 Å². The Bertz CT molecular complexity index is 520. The van der Waals surface area contributed by atoms with Gasteiger partial charge in [0.05, 0.1) is 13.0 Å². The maximum absolute atomic E-state index is 12.1. The largest absolute Gasteiger partial charge is 0.481 e. The monoisotopic (exact) mass is 346 g/mol. The number of hydrazine groups is 1. The van der Waals surface area contributed by atoms with Gasteiger partial charge in [-0.1, -0.05) is 13.8 Å². The van der Waals surface area contributed by atoms with Crippen molar-refractivity contribution in [1.82, 2.24) is 15.8 Å². The fourth-order valence-electron chi connectivity index (χ4n) is 1.59. The van der Waals surface area contributed by atoms with Gasteiger partial charge in [0.15, 0.2) is 0 Å². The third kappa shape index (κ3) is 6.60. The average Bonchev–Trinajstić information content (AvgIpc) is 2.49. The van der Waals surface area contributed by atoms with Crippen molar-refractivity contribution >= 4 is 29.7 Å². The fraction of sp³-hybridized carbons (Fsp3) is 0.615. The van der Waals surface area contributed by atoms with E-state index in [2.05, 4.69) is 5.43 Å². The first kappa shape index (κ1) is 21.3. The van der Waals surface area contributed by atoms with E-state index in [9.17, 15) is 24.0 Å². The Hall–Kier alpha value is -2.69. The second-order valence-corrected chi connectivity index (χ2v) is 5.28. The molecule has 3 amide bonds. The fourth-order valence-corrected chi connectivity index (χ4v) is 1.59. The van der Waals surface area contributed by atoms with E-state index in [0.717, 1.165) is 5.01 Å². The van der Waals surface area contributed by atoms with Crippen molar-refractivity contribution < 1.29 is 34.2 Å². The lowest BCUT2D eigenvalue weighted by atomic mass is 10.1. The van der Waals surface area contributed by atoms with E-state index in [0.29, 0.717) is 0 Å². The molecule has 0 saturated carbocycles. The highest BCUT2D eigenvalue weighted by Crippen LogP contribution is 2.05. The van der Waals surface area contributed by atoms with Gasteiger partial charge in [0, 0.05) is 5.92 Å². The summed E-state index contributed by atoms with van der Waals surface area (Å²) in [7, 11) is 0. The number of nitrogens with one attached hydrogen (secondary N) is 2. The molecule has 0 aromatic heterocycles. The zero-order chi connectivity index (χ0) is 19.0. The minimum atomic E-state index is -1.67. The summed E-state index contributed by atoms with van der Waals surface area (Å²) in [4.78, 5) is 57.3. The number of carbonyl (C=O) groups excluding carboxylic acids is 3. The molecule has 0 aliphatic rings. The molecule has 0 saturated heterocycles. The number of carboxylic acids is 2. The number of hydrogen-bond acceptors (Lipinski definition) is 6. The first-order valence-corrected chi connectivity index (χ1v) is 7.08. The van der Waals surface area contributed by atoms with E-state index in [1.54, 1.807) is 13.8 Å². The van der Waals surface area contributed by atoms with Gasteiger partial charge in [0.1, 0.15) is 12.1 Å². The van der Waals surface area contributed by atoms with E-state index < -0.39 is 60.6 Å². The van der Waals surface area contributed by atoms with Crippen LogP contribution in [-0.2, 0) is 24.0 Å². The lowest BCUT2D eigenvalue weighted by Crippen LogP contribution is -2.59. The third-order valence-electron chi connectivity index (χ3n) is 2.92. The van der Waals surface area contributed by atoms with Crippen LogP contribution in [-0.4, -0.2) is 63.5 Å². The molecule has 0 aliphatic carbocycles. The van der Waals surface area contributed by atoms with Crippen molar-refractivity contribution in [3.8, 4) is 0 Å². The van der Waals surface area contributed by atoms with Crippen molar-refractivity contribution in [2.45, 2.75) is 39.3 Å². The summed E-state index contributed by atoms with van der Waals surface area (Å²) >= 11 is 0. The number of hydrogen-bond donors (Lipinski definition) is 5. The summed E-state index contributed by atoms with van der Waals surface area (Å²) < 4.78 is 0. The number of carboxylic acid groups (broad SMARTS) is 2. The summed E-state index contributed by atoms with van der Waals surface area (Å²) in [6.45, 7) is 3.91. The molecule has 2 unspecified atom stereocenters. The average molecular weight is 346 g/mol. The SMILES string of the molecule is CC(C)C(=O)N(NC(=O)CN)C(C)C(=O)NC(CC(=O)O)C(=O)O. The zero-order valence-electron chi connectivity index (χ0n) is 13.6. The second-order valence-electron chi connectivity index (χ2n) is 5.28. The number of amides is 3. The molecule has 0 fully saturated rings. The zero-order valence-corrected chi connectivity index (χ0v) is 13.6. The molecular formula is C13H22N4O7. The van der Waals surface area contributed by atoms with Crippen LogP contribution in [0.25, 0.3) is 0 Å². The van der Waals surface area contributed by atoms with Gasteiger partial charge in [-0.15, -0.1) is 0 Å². The molecule has 0 aromatic carbocycles. The van der Waals surface area contributed by atoms with Crippen LogP contribution < -0.4 is 16.5 Å². The standard InChI is InChI=1S/C13H22N4O7/c1-6(2)12(22)17(16-9(18)5-14)7(3)11(21)15-8(13(23)24)4-10(19)20/h6-8H,4-5,14H2,1-3H3,(H,15,21)(H,16,18)(H,19,20)(H,23,24). The molecule has 6 N–H and O–H groups in total. The number of nitrogens with zero attached hydrogens (tertiary/aromatic N) is 1. The minimum absolute atomic E-state index is 0.424. The van der Waals surface area contributed by atoms with Gasteiger partial charge in [-0.05, 0) is 6.92 Å². The molecule has 0 spiro atoms. The molecule has 0 aliphatic heterocycles. The molecule has 24 heavy (non-hydrogen) atoms. The molecule has 11 heteroatoms. The van der Waals surface area contributed by atoms with Gasteiger partial charge in [-0.2, -0.15) is 0 Å². The van der Waals surface area contributed by atoms with Crippen LogP contribution in [0.15, 0.2) is 0 Å². The van der Waals surface area contributed by atoms with E-state index in [4.69, 9.17) is 15.9 Å². The molecule has 11 nitrogen and oxygen atoms in total. The van der Waals surface area contributed by atoms with Crippen molar-refractivity contribution in [3.05, 3.63) is 0 Å². The smallest absolute Gasteiger partial charge is 0.326 e. The van der Waals surface area contributed by atoms with Crippen LogP contribution in [0.2, 0.25) is 0 Å². The lowest BCUT2D eigenvalue weighted by Gasteiger charge is -2.30. The van der Waals surface area contributed by atoms with E-state index in [-0.39, 0.29) is 0 Å². The molecule has 0 rings (SSSR count). The molecule has 0 bridgehead atoms. The molecule has 136 valence electrons. The van der Waals surface area contributed by atoms with Gasteiger partial charge in [-0.25, -0.2) is 9.80 Å². The Balaban J connectivity index is 5.23.